The molecule has 0 aliphatic carbocycles. The Labute approximate surface area is 223 Å². The second-order valence-corrected chi connectivity index (χ2v) is 11.8. The van der Waals surface area contributed by atoms with Gasteiger partial charge in [-0.3, -0.25) is 0 Å². The van der Waals surface area contributed by atoms with Gasteiger partial charge in [-0.15, -0.1) is 0 Å². The van der Waals surface area contributed by atoms with E-state index in [0.29, 0.717) is 11.6 Å². The molecule has 3 aromatic carbocycles. The van der Waals surface area contributed by atoms with Crippen LogP contribution in [0.1, 0.15) is 43.5 Å². The van der Waals surface area contributed by atoms with Crippen molar-refractivity contribution >= 4 is 26.9 Å². The molecule has 0 fully saturated rings. The molecule has 2 atom stereocenters. The molecule has 202 valence electrons. The van der Waals surface area contributed by atoms with Crippen LogP contribution in [0.25, 0.3) is 0 Å². The van der Waals surface area contributed by atoms with Gasteiger partial charge in [0.15, 0.2) is 0 Å². The van der Waals surface area contributed by atoms with Gasteiger partial charge in [0.05, 0.1) is 26.2 Å². The Balaban J connectivity index is 0.000000591. The van der Waals surface area contributed by atoms with Crippen LogP contribution < -0.4 is 9.46 Å². The van der Waals surface area contributed by atoms with Crippen molar-refractivity contribution in [2.45, 2.75) is 51.0 Å². The van der Waals surface area contributed by atoms with Crippen molar-refractivity contribution < 1.29 is 35.3 Å². The van der Waals surface area contributed by atoms with Crippen LogP contribution in [0.2, 0.25) is 0 Å². The van der Waals surface area contributed by atoms with Crippen LogP contribution in [0.5, 0.6) is 5.75 Å². The maximum absolute atomic E-state index is 14.1. The van der Waals surface area contributed by atoms with Crippen molar-refractivity contribution in [2.75, 3.05) is 0 Å². The highest BCUT2D eigenvalue weighted by Crippen LogP contribution is 2.33. The van der Waals surface area contributed by atoms with E-state index in [1.807, 2.05) is 18.2 Å². The van der Waals surface area contributed by atoms with Crippen LogP contribution in [0.4, 0.5) is 26.3 Å². The number of benzene rings is 3. The van der Waals surface area contributed by atoms with E-state index in [9.17, 15) is 30.6 Å². The number of hydrogen-bond donors (Lipinski definition) is 1. The largest absolute Gasteiger partial charge is 0.461 e. The second-order valence-electron chi connectivity index (χ2n) is 8.95. The van der Waals surface area contributed by atoms with E-state index >= 15 is 0 Å². The summed E-state index contributed by atoms with van der Waals surface area (Å²) in [5, 5.41) is 0. The number of alkyl halides is 4. The first-order valence-electron chi connectivity index (χ1n) is 10.9. The van der Waals surface area contributed by atoms with Crippen LogP contribution >= 0.6 is 15.9 Å². The van der Waals surface area contributed by atoms with E-state index in [1.54, 1.807) is 20.8 Å². The van der Waals surface area contributed by atoms with Crippen molar-refractivity contribution in [1.82, 2.24) is 4.72 Å². The van der Waals surface area contributed by atoms with Crippen molar-refractivity contribution in [1.29, 1.82) is 0 Å². The molecule has 0 amide bonds. The van der Waals surface area contributed by atoms with Crippen molar-refractivity contribution in [2.24, 2.45) is 0 Å². The lowest BCUT2D eigenvalue weighted by Crippen LogP contribution is -2.36. The fourth-order valence-electron chi connectivity index (χ4n) is 2.85. The molecule has 0 aliphatic rings. The third kappa shape index (κ3) is 9.46. The molecule has 0 aliphatic heterocycles. The van der Waals surface area contributed by atoms with E-state index in [2.05, 4.69) is 44.4 Å². The first-order valence-corrected chi connectivity index (χ1v) is 12.8. The van der Waals surface area contributed by atoms with Gasteiger partial charge in [-0.05, 0) is 79.0 Å². The minimum absolute atomic E-state index is 0.0359. The molecule has 0 bridgehead atoms. The van der Waals surface area contributed by atoms with Gasteiger partial charge >= 0.3 is 12.5 Å². The number of hydrogen-bond acceptors (Lipinski definition) is 2. The lowest BCUT2D eigenvalue weighted by atomic mass is 9.99. The third-order valence-electron chi connectivity index (χ3n) is 4.73. The molecule has 11 heteroatoms. The summed E-state index contributed by atoms with van der Waals surface area (Å²) in [5.74, 6) is -2.47. The molecule has 0 heterocycles. The maximum Gasteiger partial charge on any atom is 0.461 e. The van der Waals surface area contributed by atoms with Crippen molar-refractivity contribution in [3.8, 4) is 5.75 Å². The summed E-state index contributed by atoms with van der Waals surface area (Å²) in [6.45, 7) is 7.07. The van der Waals surface area contributed by atoms with Crippen LogP contribution in [0, 0.1) is 18.6 Å². The molecule has 3 rings (SSSR count). The summed E-state index contributed by atoms with van der Waals surface area (Å²) < 4.78 is 97.9. The number of nitrogens with one attached hydrogen (secondary N) is 1. The fraction of sp³-hybridized carbons (Fsp3) is 0.308. The SMILES string of the molecule is CC(C)(C)S(=O)NC(c1cc(F)cc(OC(F)(F)C(F)F)c1)c1ccc(F)c(Br)c1.Cc1ccccc1. The van der Waals surface area contributed by atoms with Crippen LogP contribution in [0.15, 0.2) is 71.2 Å². The highest BCUT2D eigenvalue weighted by molar-refractivity contribution is 9.10. The molecule has 0 aromatic heterocycles. The topological polar surface area (TPSA) is 38.3 Å². The molecular weight excluding hydrogens is 584 g/mol. The Morgan fingerprint density at radius 3 is 2.03 bits per heavy atom. The van der Waals surface area contributed by atoms with Crippen LogP contribution in [0.3, 0.4) is 0 Å². The fourth-order valence-corrected chi connectivity index (χ4v) is 4.09. The minimum Gasteiger partial charge on any atom is -0.428 e. The quantitative estimate of drug-likeness (QED) is 0.275. The number of ether oxygens (including phenoxy) is 1. The monoisotopic (exact) mass is 609 g/mol. The zero-order valence-corrected chi connectivity index (χ0v) is 22.8. The van der Waals surface area contributed by atoms with Crippen LogP contribution in [-0.4, -0.2) is 21.5 Å². The standard InChI is InChI=1S/C19H18BrF6NO2S.C7H8/c1-18(2,3)30(28)27-16(10-4-5-15(22)14(20)8-10)11-6-12(21)9-13(7-11)29-19(25,26)17(23)24;1-7-5-3-2-4-6-7/h4-9,16-17,27H,1-3H3;2-6H,1H3. The van der Waals surface area contributed by atoms with Gasteiger partial charge in [0.2, 0.25) is 0 Å². The van der Waals surface area contributed by atoms with E-state index in [4.69, 9.17) is 0 Å². The highest BCUT2D eigenvalue weighted by atomic mass is 79.9. The molecular formula is C26H26BrF6NO2S. The van der Waals surface area contributed by atoms with Crippen molar-refractivity contribution in [3.05, 3.63) is 99.5 Å². The van der Waals surface area contributed by atoms with Crippen molar-refractivity contribution in [3.63, 3.8) is 0 Å². The Morgan fingerprint density at radius 2 is 1.54 bits per heavy atom. The molecule has 1 N–H and O–H groups in total. The van der Waals surface area contributed by atoms with Gasteiger partial charge in [0, 0.05) is 6.07 Å². The van der Waals surface area contributed by atoms with Gasteiger partial charge in [-0.1, -0.05) is 42.0 Å². The smallest absolute Gasteiger partial charge is 0.428 e. The normalized spacial score (nSPS) is 13.5. The molecule has 2 unspecified atom stereocenters. The Morgan fingerprint density at radius 1 is 0.919 bits per heavy atom. The zero-order chi connectivity index (χ0) is 28.0. The summed E-state index contributed by atoms with van der Waals surface area (Å²) >= 11 is 3.02. The maximum atomic E-state index is 14.1. The summed E-state index contributed by atoms with van der Waals surface area (Å²) in [6, 6.07) is 15.4. The number of halogens is 7. The van der Waals surface area contributed by atoms with E-state index < -0.39 is 51.7 Å². The summed E-state index contributed by atoms with van der Waals surface area (Å²) in [6.07, 6.45) is -8.96. The summed E-state index contributed by atoms with van der Waals surface area (Å²) in [4.78, 5) is 0. The molecule has 37 heavy (non-hydrogen) atoms. The first-order chi connectivity index (χ1) is 17.1. The van der Waals surface area contributed by atoms with Crippen LogP contribution in [-0.2, 0) is 11.0 Å². The molecule has 0 saturated carbocycles. The third-order valence-corrected chi connectivity index (χ3v) is 6.90. The lowest BCUT2D eigenvalue weighted by Gasteiger charge is -2.26. The molecule has 3 nitrogen and oxygen atoms in total. The number of rotatable bonds is 7. The zero-order valence-electron chi connectivity index (χ0n) is 20.4. The average Bonchev–Trinajstić information content (AvgIpc) is 2.78. The van der Waals surface area contributed by atoms with E-state index in [1.165, 1.54) is 17.7 Å². The van der Waals surface area contributed by atoms with Gasteiger partial charge in [0.25, 0.3) is 0 Å². The Bertz CT molecular complexity index is 1210. The predicted octanol–water partition coefficient (Wildman–Crippen LogP) is 8.10. The second kappa shape index (κ2) is 12.9. The Kier molecular flexibility index (Phi) is 10.8. The molecule has 0 saturated heterocycles. The predicted molar refractivity (Wildman–Crippen MR) is 136 cm³/mol. The molecule has 3 aromatic rings. The highest BCUT2D eigenvalue weighted by Gasteiger charge is 2.44. The lowest BCUT2D eigenvalue weighted by molar-refractivity contribution is -0.253. The molecule has 0 spiro atoms. The van der Waals surface area contributed by atoms with Gasteiger partial charge < -0.3 is 4.74 Å². The van der Waals surface area contributed by atoms with Gasteiger partial charge in [0.1, 0.15) is 17.4 Å². The summed E-state index contributed by atoms with van der Waals surface area (Å²) in [7, 11) is -1.71. The minimum atomic E-state index is -4.83. The van der Waals surface area contributed by atoms with E-state index in [0.717, 1.165) is 18.2 Å². The Hall–Kier alpha value is -2.37. The van der Waals surface area contributed by atoms with Gasteiger partial charge in [-0.25, -0.2) is 17.7 Å². The van der Waals surface area contributed by atoms with Gasteiger partial charge in [-0.2, -0.15) is 17.6 Å². The first kappa shape index (κ1) is 30.9. The molecule has 0 radical (unpaired) electrons. The van der Waals surface area contributed by atoms with E-state index in [-0.39, 0.29) is 10.0 Å². The average molecular weight is 610 g/mol. The summed E-state index contributed by atoms with van der Waals surface area (Å²) in [5.41, 5.74) is 1.60. The number of aryl methyl sites for hydroxylation is 1.